The summed E-state index contributed by atoms with van der Waals surface area (Å²) in [6, 6.07) is 9.94. The van der Waals surface area contributed by atoms with E-state index in [0.29, 0.717) is 0 Å². The highest BCUT2D eigenvalue weighted by Crippen LogP contribution is 2.29. The standard InChI is InChI=1S/C11H8ClS/c1-8-4-5-9(12)7-10(8)11-3-2-6-13-11/h2-5,7H,1H3. The lowest BCUT2D eigenvalue weighted by Crippen LogP contribution is -1.78. The molecule has 0 bridgehead atoms. The summed E-state index contributed by atoms with van der Waals surface area (Å²) in [4.78, 5) is 1.22. The van der Waals surface area contributed by atoms with Crippen LogP contribution in [0.5, 0.6) is 0 Å². The van der Waals surface area contributed by atoms with Crippen LogP contribution < -0.4 is 0 Å². The molecular formula is C11H8ClS. The molecule has 0 N–H and O–H groups in total. The van der Waals surface area contributed by atoms with Crippen molar-refractivity contribution in [3.05, 3.63) is 46.3 Å². The second-order valence-corrected chi connectivity index (χ2v) is 4.19. The van der Waals surface area contributed by atoms with E-state index in [1.54, 1.807) is 11.3 Å². The fourth-order valence-electron chi connectivity index (χ4n) is 1.25. The highest BCUT2D eigenvalue weighted by atomic mass is 35.5. The molecule has 0 atom stereocenters. The van der Waals surface area contributed by atoms with E-state index >= 15 is 0 Å². The van der Waals surface area contributed by atoms with Crippen LogP contribution in [0.4, 0.5) is 0 Å². The molecule has 2 aromatic rings. The molecule has 0 amide bonds. The molecule has 0 fully saturated rings. The molecule has 65 valence electrons. The molecule has 13 heavy (non-hydrogen) atoms. The van der Waals surface area contributed by atoms with Crippen molar-refractivity contribution < 1.29 is 0 Å². The minimum Gasteiger partial charge on any atom is -0.134 e. The van der Waals surface area contributed by atoms with Gasteiger partial charge in [-0.25, -0.2) is 0 Å². The summed E-state index contributed by atoms with van der Waals surface area (Å²) in [5.74, 6) is 0. The minimum atomic E-state index is 0.786. The van der Waals surface area contributed by atoms with Gasteiger partial charge in [-0.05, 0) is 42.3 Å². The molecule has 0 spiro atoms. The zero-order valence-electron chi connectivity index (χ0n) is 7.17. The van der Waals surface area contributed by atoms with Crippen LogP contribution in [0.1, 0.15) is 5.56 Å². The molecule has 0 aliphatic carbocycles. The van der Waals surface area contributed by atoms with Gasteiger partial charge in [0.1, 0.15) is 0 Å². The Hall–Kier alpha value is -0.790. The molecule has 0 aliphatic heterocycles. The normalized spacial score (nSPS) is 10.3. The number of hydrogen-bond acceptors (Lipinski definition) is 1. The summed E-state index contributed by atoms with van der Waals surface area (Å²) < 4.78 is 0. The molecule has 0 unspecified atom stereocenters. The quantitative estimate of drug-likeness (QED) is 0.658. The molecule has 0 nitrogen and oxygen atoms in total. The number of rotatable bonds is 1. The van der Waals surface area contributed by atoms with Crippen molar-refractivity contribution in [3.63, 3.8) is 0 Å². The first-order chi connectivity index (χ1) is 6.27. The van der Waals surface area contributed by atoms with Crippen molar-refractivity contribution in [3.8, 4) is 10.4 Å². The predicted molar refractivity (Wildman–Crippen MR) is 58.3 cm³/mol. The van der Waals surface area contributed by atoms with Crippen LogP contribution in [0.25, 0.3) is 10.4 Å². The van der Waals surface area contributed by atoms with Crippen LogP contribution >= 0.6 is 22.9 Å². The van der Waals surface area contributed by atoms with Gasteiger partial charge in [-0.2, -0.15) is 0 Å². The molecule has 1 radical (unpaired) electrons. The number of halogens is 1. The first-order valence-corrected chi connectivity index (χ1v) is 5.19. The maximum Gasteiger partial charge on any atom is 0.0449 e. The van der Waals surface area contributed by atoms with Crippen molar-refractivity contribution in [1.29, 1.82) is 0 Å². The highest BCUT2D eigenvalue weighted by Gasteiger charge is 2.02. The van der Waals surface area contributed by atoms with Crippen molar-refractivity contribution in [2.45, 2.75) is 6.92 Å². The van der Waals surface area contributed by atoms with E-state index < -0.39 is 0 Å². The van der Waals surface area contributed by atoms with Gasteiger partial charge >= 0.3 is 0 Å². The Balaban J connectivity index is 2.57. The third-order valence-corrected chi connectivity index (χ3v) is 3.00. The lowest BCUT2D eigenvalue weighted by Gasteiger charge is -2.02. The Morgan fingerprint density at radius 1 is 1.31 bits per heavy atom. The van der Waals surface area contributed by atoms with Gasteiger partial charge in [0.25, 0.3) is 0 Å². The third-order valence-electron chi connectivity index (χ3n) is 1.94. The number of aryl methyl sites for hydroxylation is 1. The van der Waals surface area contributed by atoms with E-state index in [9.17, 15) is 0 Å². The topological polar surface area (TPSA) is 0 Å². The predicted octanol–water partition coefficient (Wildman–Crippen LogP) is 4.18. The van der Waals surface area contributed by atoms with E-state index in [-0.39, 0.29) is 0 Å². The highest BCUT2D eigenvalue weighted by molar-refractivity contribution is 7.13. The van der Waals surface area contributed by atoms with Crippen molar-refractivity contribution >= 4 is 22.9 Å². The fraction of sp³-hybridized carbons (Fsp3) is 0.0909. The molecule has 1 heterocycles. The average Bonchev–Trinajstić information content (AvgIpc) is 2.61. The molecule has 0 saturated carbocycles. The summed E-state index contributed by atoms with van der Waals surface area (Å²) >= 11 is 7.54. The van der Waals surface area contributed by atoms with Gasteiger partial charge in [-0.15, -0.1) is 11.3 Å². The van der Waals surface area contributed by atoms with Gasteiger partial charge in [-0.1, -0.05) is 17.7 Å². The first-order valence-electron chi connectivity index (χ1n) is 4.00. The van der Waals surface area contributed by atoms with Crippen LogP contribution in [0.3, 0.4) is 0 Å². The zero-order valence-corrected chi connectivity index (χ0v) is 8.75. The van der Waals surface area contributed by atoms with E-state index in [0.717, 1.165) is 5.02 Å². The minimum absolute atomic E-state index is 0.786. The number of hydrogen-bond donors (Lipinski definition) is 0. The summed E-state index contributed by atoms with van der Waals surface area (Å²) in [5, 5.41) is 3.86. The van der Waals surface area contributed by atoms with Crippen LogP contribution in [-0.4, -0.2) is 0 Å². The SMILES string of the molecule is Cc1ccc(Cl)cc1-c1cc[c]s1. The Labute approximate surface area is 86.8 Å². The summed E-state index contributed by atoms with van der Waals surface area (Å²) in [6.07, 6.45) is 0. The van der Waals surface area contributed by atoms with Crippen molar-refractivity contribution in [2.75, 3.05) is 0 Å². The maximum atomic E-state index is 5.93. The van der Waals surface area contributed by atoms with E-state index in [1.807, 2.05) is 24.3 Å². The van der Waals surface area contributed by atoms with Gasteiger partial charge in [-0.3, -0.25) is 0 Å². The van der Waals surface area contributed by atoms with Gasteiger partial charge in [0, 0.05) is 15.3 Å². The van der Waals surface area contributed by atoms with Gasteiger partial charge in [0.2, 0.25) is 0 Å². The first kappa shape index (κ1) is 8.79. The fourth-order valence-corrected chi connectivity index (χ4v) is 2.15. The van der Waals surface area contributed by atoms with Crippen LogP contribution in [0, 0.1) is 12.3 Å². The Bertz CT molecular complexity index is 404. The Morgan fingerprint density at radius 3 is 2.85 bits per heavy atom. The van der Waals surface area contributed by atoms with Gasteiger partial charge < -0.3 is 0 Å². The molecule has 1 aromatic heterocycles. The lowest BCUT2D eigenvalue weighted by molar-refractivity contribution is 1.48. The summed E-state index contributed by atoms with van der Waals surface area (Å²) in [5.41, 5.74) is 2.46. The molecule has 2 heteroatoms. The largest absolute Gasteiger partial charge is 0.134 e. The zero-order chi connectivity index (χ0) is 9.26. The smallest absolute Gasteiger partial charge is 0.0449 e. The summed E-state index contributed by atoms with van der Waals surface area (Å²) in [7, 11) is 0. The summed E-state index contributed by atoms with van der Waals surface area (Å²) in [6.45, 7) is 2.09. The van der Waals surface area contributed by atoms with Crippen molar-refractivity contribution in [2.24, 2.45) is 0 Å². The lowest BCUT2D eigenvalue weighted by atomic mass is 10.1. The number of thiophene rings is 1. The maximum absolute atomic E-state index is 5.93. The molecule has 0 aliphatic rings. The van der Waals surface area contributed by atoms with Gasteiger partial charge in [0.15, 0.2) is 0 Å². The molecule has 0 saturated heterocycles. The molecule has 1 aromatic carbocycles. The van der Waals surface area contributed by atoms with Crippen LogP contribution in [0.2, 0.25) is 5.02 Å². The average molecular weight is 208 g/mol. The Morgan fingerprint density at radius 2 is 2.15 bits per heavy atom. The van der Waals surface area contributed by atoms with E-state index in [1.165, 1.54) is 16.0 Å². The number of benzene rings is 1. The second kappa shape index (κ2) is 3.52. The van der Waals surface area contributed by atoms with E-state index in [4.69, 9.17) is 11.6 Å². The molecule has 2 rings (SSSR count). The Kier molecular flexibility index (Phi) is 2.38. The van der Waals surface area contributed by atoms with Gasteiger partial charge in [0.05, 0.1) is 0 Å². The monoisotopic (exact) mass is 207 g/mol. The van der Waals surface area contributed by atoms with E-state index in [2.05, 4.69) is 18.4 Å². The van der Waals surface area contributed by atoms with Crippen LogP contribution in [-0.2, 0) is 0 Å². The third kappa shape index (κ3) is 1.77. The van der Waals surface area contributed by atoms with Crippen molar-refractivity contribution in [1.82, 2.24) is 0 Å². The van der Waals surface area contributed by atoms with Crippen LogP contribution in [0.15, 0.2) is 30.3 Å². The second-order valence-electron chi connectivity index (χ2n) is 2.88. The molecular weight excluding hydrogens is 200 g/mol.